The molecule has 2 aromatic carbocycles. The molecule has 0 amide bonds. The predicted molar refractivity (Wildman–Crippen MR) is 100 cm³/mol. The van der Waals surface area contributed by atoms with Crippen LogP contribution in [0.25, 0.3) is 0 Å². The first kappa shape index (κ1) is 18.7. The SMILES string of the molecule is C=CC(C)C(c1ccc(OC)c(OC)c1)c1ccc(OC)c(OC)c1. The summed E-state index contributed by atoms with van der Waals surface area (Å²) in [4.78, 5) is 0. The molecule has 0 aliphatic heterocycles. The number of methoxy groups -OCH3 is 4. The first-order chi connectivity index (χ1) is 12.1. The van der Waals surface area contributed by atoms with Crippen molar-refractivity contribution in [3.8, 4) is 23.0 Å². The summed E-state index contributed by atoms with van der Waals surface area (Å²) in [7, 11) is 6.55. The summed E-state index contributed by atoms with van der Waals surface area (Å²) in [5, 5.41) is 0. The lowest BCUT2D eigenvalue weighted by atomic mass is 9.81. The first-order valence-electron chi connectivity index (χ1n) is 8.16. The fourth-order valence-corrected chi connectivity index (χ4v) is 3.03. The normalized spacial score (nSPS) is 11.8. The highest BCUT2D eigenvalue weighted by molar-refractivity contribution is 5.50. The van der Waals surface area contributed by atoms with Crippen LogP contribution in [0.1, 0.15) is 24.0 Å². The zero-order valence-electron chi connectivity index (χ0n) is 15.5. The molecule has 0 saturated carbocycles. The number of allylic oxidation sites excluding steroid dienone is 1. The highest BCUT2D eigenvalue weighted by Gasteiger charge is 2.22. The van der Waals surface area contributed by atoms with E-state index in [1.807, 2.05) is 30.3 Å². The number of benzene rings is 2. The van der Waals surface area contributed by atoms with Crippen molar-refractivity contribution in [2.45, 2.75) is 12.8 Å². The Morgan fingerprint density at radius 2 is 1.12 bits per heavy atom. The fraction of sp³-hybridized carbons (Fsp3) is 0.333. The maximum atomic E-state index is 5.46. The van der Waals surface area contributed by atoms with Crippen molar-refractivity contribution in [3.63, 3.8) is 0 Å². The number of rotatable bonds is 8. The van der Waals surface area contributed by atoms with E-state index in [2.05, 4.69) is 25.6 Å². The van der Waals surface area contributed by atoms with Gasteiger partial charge >= 0.3 is 0 Å². The van der Waals surface area contributed by atoms with Gasteiger partial charge in [0.15, 0.2) is 23.0 Å². The Bertz CT molecular complexity index is 668. The van der Waals surface area contributed by atoms with Crippen LogP contribution in [0.4, 0.5) is 0 Å². The summed E-state index contributed by atoms with van der Waals surface area (Å²) in [5.74, 6) is 3.17. The Morgan fingerprint density at radius 3 is 1.44 bits per heavy atom. The quantitative estimate of drug-likeness (QED) is 0.653. The summed E-state index contributed by atoms with van der Waals surface area (Å²) >= 11 is 0. The molecule has 4 heteroatoms. The molecule has 0 radical (unpaired) electrons. The lowest BCUT2D eigenvalue weighted by molar-refractivity contribution is 0.353. The van der Waals surface area contributed by atoms with Gasteiger partial charge in [0.2, 0.25) is 0 Å². The van der Waals surface area contributed by atoms with Gasteiger partial charge in [0.1, 0.15) is 0 Å². The van der Waals surface area contributed by atoms with Gasteiger partial charge in [-0.25, -0.2) is 0 Å². The van der Waals surface area contributed by atoms with Crippen molar-refractivity contribution in [2.24, 2.45) is 5.92 Å². The van der Waals surface area contributed by atoms with Crippen LogP contribution in [0.5, 0.6) is 23.0 Å². The molecule has 1 unspecified atom stereocenters. The molecule has 0 spiro atoms. The molecule has 2 rings (SSSR count). The lowest BCUT2D eigenvalue weighted by Gasteiger charge is -2.24. The van der Waals surface area contributed by atoms with Crippen LogP contribution in [-0.4, -0.2) is 28.4 Å². The van der Waals surface area contributed by atoms with Crippen molar-refractivity contribution in [1.29, 1.82) is 0 Å². The van der Waals surface area contributed by atoms with E-state index in [1.165, 1.54) is 0 Å². The Labute approximate surface area is 150 Å². The van der Waals surface area contributed by atoms with Gasteiger partial charge in [-0.1, -0.05) is 25.1 Å². The zero-order valence-corrected chi connectivity index (χ0v) is 15.5. The first-order valence-corrected chi connectivity index (χ1v) is 8.16. The highest BCUT2D eigenvalue weighted by atomic mass is 16.5. The minimum Gasteiger partial charge on any atom is -0.493 e. The van der Waals surface area contributed by atoms with E-state index in [1.54, 1.807) is 28.4 Å². The van der Waals surface area contributed by atoms with Gasteiger partial charge in [-0.3, -0.25) is 0 Å². The molecule has 25 heavy (non-hydrogen) atoms. The van der Waals surface area contributed by atoms with E-state index in [4.69, 9.17) is 18.9 Å². The zero-order chi connectivity index (χ0) is 18.4. The van der Waals surface area contributed by atoms with Crippen molar-refractivity contribution in [2.75, 3.05) is 28.4 Å². The predicted octanol–water partition coefficient (Wildman–Crippen LogP) is 4.68. The number of hydrogen-bond acceptors (Lipinski definition) is 4. The standard InChI is InChI=1S/C21H26O4/c1-7-14(2)21(15-8-10-17(22-3)19(12-15)24-5)16-9-11-18(23-4)20(13-16)25-6/h7-14,21H,1H2,2-6H3. The minimum absolute atomic E-state index is 0.108. The van der Waals surface area contributed by atoms with Gasteiger partial charge in [-0.15, -0.1) is 6.58 Å². The summed E-state index contributed by atoms with van der Waals surface area (Å²) in [6.07, 6.45) is 1.96. The maximum Gasteiger partial charge on any atom is 0.161 e. The molecule has 1 atom stereocenters. The van der Waals surface area contributed by atoms with E-state index in [9.17, 15) is 0 Å². The van der Waals surface area contributed by atoms with Crippen molar-refractivity contribution in [3.05, 3.63) is 60.2 Å². The Morgan fingerprint density at radius 1 is 0.720 bits per heavy atom. The van der Waals surface area contributed by atoms with Gasteiger partial charge in [-0.05, 0) is 41.3 Å². The summed E-state index contributed by atoms with van der Waals surface area (Å²) in [6.45, 7) is 6.12. The molecule has 0 aliphatic carbocycles. The highest BCUT2D eigenvalue weighted by Crippen LogP contribution is 2.40. The van der Waals surface area contributed by atoms with Crippen LogP contribution in [-0.2, 0) is 0 Å². The molecule has 0 N–H and O–H groups in total. The number of hydrogen-bond donors (Lipinski definition) is 0. The second kappa shape index (κ2) is 8.47. The van der Waals surface area contributed by atoms with E-state index in [0.29, 0.717) is 23.0 Å². The van der Waals surface area contributed by atoms with Crippen LogP contribution in [0.3, 0.4) is 0 Å². The molecule has 0 aromatic heterocycles. The second-order valence-corrected chi connectivity index (χ2v) is 5.80. The molecule has 0 saturated heterocycles. The Hall–Kier alpha value is -2.62. The Kier molecular flexibility index (Phi) is 6.34. The van der Waals surface area contributed by atoms with E-state index >= 15 is 0 Å². The third-order valence-electron chi connectivity index (χ3n) is 4.43. The van der Waals surface area contributed by atoms with Crippen LogP contribution in [0.2, 0.25) is 0 Å². The largest absolute Gasteiger partial charge is 0.493 e. The third-order valence-corrected chi connectivity index (χ3v) is 4.43. The minimum atomic E-state index is 0.108. The van der Waals surface area contributed by atoms with Gasteiger partial charge in [0.25, 0.3) is 0 Å². The average Bonchev–Trinajstić information content (AvgIpc) is 2.67. The smallest absolute Gasteiger partial charge is 0.161 e. The lowest BCUT2D eigenvalue weighted by Crippen LogP contribution is -2.10. The molecular weight excluding hydrogens is 316 g/mol. The van der Waals surface area contributed by atoms with Gasteiger partial charge in [0, 0.05) is 5.92 Å². The molecular formula is C21H26O4. The van der Waals surface area contributed by atoms with Crippen molar-refractivity contribution in [1.82, 2.24) is 0 Å². The average molecular weight is 342 g/mol. The monoisotopic (exact) mass is 342 g/mol. The molecule has 4 nitrogen and oxygen atoms in total. The second-order valence-electron chi connectivity index (χ2n) is 5.80. The molecule has 0 fully saturated rings. The third kappa shape index (κ3) is 3.90. The van der Waals surface area contributed by atoms with E-state index in [0.717, 1.165) is 11.1 Å². The molecule has 2 aromatic rings. The Balaban J connectivity index is 2.56. The molecule has 0 aliphatic rings. The van der Waals surface area contributed by atoms with Crippen LogP contribution < -0.4 is 18.9 Å². The van der Waals surface area contributed by atoms with E-state index < -0.39 is 0 Å². The van der Waals surface area contributed by atoms with Crippen LogP contribution in [0, 0.1) is 5.92 Å². The van der Waals surface area contributed by atoms with Gasteiger partial charge < -0.3 is 18.9 Å². The molecule has 0 bridgehead atoms. The summed E-state index contributed by atoms with van der Waals surface area (Å²) in [5.41, 5.74) is 2.24. The number of ether oxygens (including phenoxy) is 4. The van der Waals surface area contributed by atoms with Crippen LogP contribution >= 0.6 is 0 Å². The molecule has 134 valence electrons. The van der Waals surface area contributed by atoms with Crippen molar-refractivity contribution < 1.29 is 18.9 Å². The topological polar surface area (TPSA) is 36.9 Å². The van der Waals surface area contributed by atoms with Crippen molar-refractivity contribution >= 4 is 0 Å². The fourth-order valence-electron chi connectivity index (χ4n) is 3.03. The summed E-state index contributed by atoms with van der Waals surface area (Å²) in [6, 6.07) is 12.0. The van der Waals surface area contributed by atoms with Gasteiger partial charge in [-0.2, -0.15) is 0 Å². The maximum absolute atomic E-state index is 5.46. The molecule has 0 heterocycles. The van der Waals surface area contributed by atoms with E-state index in [-0.39, 0.29) is 11.8 Å². The van der Waals surface area contributed by atoms with Gasteiger partial charge in [0.05, 0.1) is 28.4 Å². The summed E-state index contributed by atoms with van der Waals surface area (Å²) < 4.78 is 21.6. The van der Waals surface area contributed by atoms with Crippen LogP contribution in [0.15, 0.2) is 49.1 Å².